The van der Waals surface area contributed by atoms with Crippen LogP contribution in [0.15, 0.2) is 24.3 Å². The SMILES string of the molecule is Cc1ccccc1CNS(=O)(=O)CC1CCCNC1. The van der Waals surface area contributed by atoms with E-state index in [2.05, 4.69) is 10.0 Å². The zero-order valence-electron chi connectivity index (χ0n) is 11.4. The van der Waals surface area contributed by atoms with Crippen molar-refractivity contribution in [1.29, 1.82) is 0 Å². The second kappa shape index (κ2) is 6.50. The molecule has 1 saturated heterocycles. The molecule has 1 aromatic carbocycles. The second-order valence-electron chi connectivity index (χ2n) is 5.24. The third-order valence-electron chi connectivity index (χ3n) is 3.60. The standard InChI is InChI=1S/C14H22N2O2S/c1-12-5-2-3-7-14(12)10-16-19(17,18)11-13-6-4-8-15-9-13/h2-3,5,7,13,15-16H,4,6,8-11H2,1H3. The molecule has 0 bridgehead atoms. The number of sulfonamides is 1. The minimum Gasteiger partial charge on any atom is -0.316 e. The maximum atomic E-state index is 12.0. The molecule has 1 aromatic rings. The Bertz CT molecular complexity index is 508. The predicted octanol–water partition coefficient (Wildman–Crippen LogP) is 1.41. The Morgan fingerprint density at radius 3 is 2.84 bits per heavy atom. The van der Waals surface area contributed by atoms with Gasteiger partial charge in [0.2, 0.25) is 10.0 Å². The molecule has 106 valence electrons. The van der Waals surface area contributed by atoms with Gasteiger partial charge in [-0.1, -0.05) is 24.3 Å². The molecular formula is C14H22N2O2S. The van der Waals surface area contributed by atoms with Crippen LogP contribution in [0.25, 0.3) is 0 Å². The van der Waals surface area contributed by atoms with Gasteiger partial charge in [0.05, 0.1) is 5.75 Å². The van der Waals surface area contributed by atoms with E-state index in [1.54, 1.807) is 0 Å². The molecule has 1 fully saturated rings. The van der Waals surface area contributed by atoms with Gasteiger partial charge in [0.15, 0.2) is 0 Å². The molecule has 4 nitrogen and oxygen atoms in total. The van der Waals surface area contributed by atoms with Crippen LogP contribution in [0.3, 0.4) is 0 Å². The van der Waals surface area contributed by atoms with Crippen LogP contribution in [0.5, 0.6) is 0 Å². The van der Waals surface area contributed by atoms with Crippen LogP contribution in [-0.2, 0) is 16.6 Å². The van der Waals surface area contributed by atoms with Crippen LogP contribution in [0.1, 0.15) is 24.0 Å². The monoisotopic (exact) mass is 282 g/mol. The van der Waals surface area contributed by atoms with Crippen molar-refractivity contribution in [3.05, 3.63) is 35.4 Å². The summed E-state index contributed by atoms with van der Waals surface area (Å²) in [7, 11) is -3.19. The van der Waals surface area contributed by atoms with Crippen molar-refractivity contribution in [3.8, 4) is 0 Å². The van der Waals surface area contributed by atoms with Crippen molar-refractivity contribution in [3.63, 3.8) is 0 Å². The van der Waals surface area contributed by atoms with Gasteiger partial charge in [0, 0.05) is 6.54 Å². The highest BCUT2D eigenvalue weighted by Gasteiger charge is 2.20. The summed E-state index contributed by atoms with van der Waals surface area (Å²) in [6, 6.07) is 7.84. The van der Waals surface area contributed by atoms with E-state index in [4.69, 9.17) is 0 Å². The zero-order chi connectivity index (χ0) is 13.7. The fraction of sp³-hybridized carbons (Fsp3) is 0.571. The molecule has 1 aliphatic heterocycles. The average Bonchev–Trinajstić information content (AvgIpc) is 2.38. The lowest BCUT2D eigenvalue weighted by Crippen LogP contribution is -2.37. The van der Waals surface area contributed by atoms with E-state index in [0.29, 0.717) is 6.54 Å². The molecule has 0 radical (unpaired) electrons. The van der Waals surface area contributed by atoms with Gasteiger partial charge >= 0.3 is 0 Å². The molecular weight excluding hydrogens is 260 g/mol. The highest BCUT2D eigenvalue weighted by molar-refractivity contribution is 7.89. The summed E-state index contributed by atoms with van der Waals surface area (Å²) in [5.74, 6) is 0.467. The summed E-state index contributed by atoms with van der Waals surface area (Å²) in [5, 5.41) is 3.25. The molecule has 0 amide bonds. The molecule has 0 spiro atoms. The largest absolute Gasteiger partial charge is 0.316 e. The average molecular weight is 282 g/mol. The van der Waals surface area contributed by atoms with E-state index in [0.717, 1.165) is 37.1 Å². The minimum atomic E-state index is -3.19. The van der Waals surface area contributed by atoms with Crippen LogP contribution in [-0.4, -0.2) is 27.3 Å². The number of piperidine rings is 1. The molecule has 0 aromatic heterocycles. The van der Waals surface area contributed by atoms with Crippen LogP contribution in [0, 0.1) is 12.8 Å². The van der Waals surface area contributed by atoms with Gasteiger partial charge in [-0.25, -0.2) is 13.1 Å². The maximum absolute atomic E-state index is 12.0. The zero-order valence-corrected chi connectivity index (χ0v) is 12.2. The Morgan fingerprint density at radius 1 is 1.37 bits per heavy atom. The smallest absolute Gasteiger partial charge is 0.212 e. The Hall–Kier alpha value is -0.910. The molecule has 19 heavy (non-hydrogen) atoms. The molecule has 1 atom stereocenters. The molecule has 5 heteroatoms. The van der Waals surface area contributed by atoms with Crippen molar-refractivity contribution in [2.24, 2.45) is 5.92 Å². The lowest BCUT2D eigenvalue weighted by Gasteiger charge is -2.22. The highest BCUT2D eigenvalue weighted by atomic mass is 32.2. The maximum Gasteiger partial charge on any atom is 0.212 e. The van der Waals surface area contributed by atoms with Crippen molar-refractivity contribution in [2.45, 2.75) is 26.3 Å². The Balaban J connectivity index is 1.88. The van der Waals surface area contributed by atoms with Crippen LogP contribution in [0.2, 0.25) is 0 Å². The van der Waals surface area contributed by atoms with Crippen molar-refractivity contribution >= 4 is 10.0 Å². The number of aryl methyl sites for hydroxylation is 1. The molecule has 1 heterocycles. The summed E-state index contributed by atoms with van der Waals surface area (Å²) < 4.78 is 26.8. The third kappa shape index (κ3) is 4.60. The lowest BCUT2D eigenvalue weighted by atomic mass is 10.0. The van der Waals surface area contributed by atoms with E-state index in [1.807, 2.05) is 31.2 Å². The van der Waals surface area contributed by atoms with Gasteiger partial charge in [-0.3, -0.25) is 0 Å². The first-order valence-electron chi connectivity index (χ1n) is 6.79. The predicted molar refractivity (Wildman–Crippen MR) is 77.4 cm³/mol. The van der Waals surface area contributed by atoms with E-state index in [-0.39, 0.29) is 11.7 Å². The Morgan fingerprint density at radius 2 is 2.16 bits per heavy atom. The summed E-state index contributed by atoms with van der Waals surface area (Å²) in [4.78, 5) is 0. The van der Waals surface area contributed by atoms with E-state index in [1.165, 1.54) is 0 Å². The van der Waals surface area contributed by atoms with Gasteiger partial charge in [-0.2, -0.15) is 0 Å². The number of hydrogen-bond acceptors (Lipinski definition) is 3. The van der Waals surface area contributed by atoms with Crippen molar-refractivity contribution in [2.75, 3.05) is 18.8 Å². The van der Waals surface area contributed by atoms with Gasteiger partial charge < -0.3 is 5.32 Å². The summed E-state index contributed by atoms with van der Waals surface area (Å²) in [5.41, 5.74) is 2.15. The van der Waals surface area contributed by atoms with Gasteiger partial charge in [0.1, 0.15) is 0 Å². The fourth-order valence-corrected chi connectivity index (χ4v) is 3.83. The number of rotatable bonds is 5. The second-order valence-corrected chi connectivity index (χ2v) is 7.09. The summed E-state index contributed by atoms with van der Waals surface area (Å²) in [6.45, 7) is 4.20. The quantitative estimate of drug-likeness (QED) is 0.858. The van der Waals surface area contributed by atoms with Crippen LogP contribution < -0.4 is 10.0 Å². The molecule has 0 saturated carbocycles. The molecule has 1 unspecified atom stereocenters. The summed E-state index contributed by atoms with van der Waals surface area (Å²) >= 11 is 0. The van der Waals surface area contributed by atoms with E-state index in [9.17, 15) is 8.42 Å². The van der Waals surface area contributed by atoms with E-state index < -0.39 is 10.0 Å². The first-order valence-corrected chi connectivity index (χ1v) is 8.44. The first-order chi connectivity index (χ1) is 9.07. The van der Waals surface area contributed by atoms with Gasteiger partial charge in [-0.05, 0) is 49.9 Å². The Kier molecular flexibility index (Phi) is 4.96. The third-order valence-corrected chi connectivity index (χ3v) is 5.09. The van der Waals surface area contributed by atoms with Crippen molar-refractivity contribution < 1.29 is 8.42 Å². The first kappa shape index (κ1) is 14.5. The highest BCUT2D eigenvalue weighted by Crippen LogP contribution is 2.13. The Labute approximate surface area is 115 Å². The van der Waals surface area contributed by atoms with Crippen LogP contribution in [0.4, 0.5) is 0 Å². The number of hydrogen-bond donors (Lipinski definition) is 2. The minimum absolute atomic E-state index is 0.228. The van der Waals surface area contributed by atoms with E-state index >= 15 is 0 Å². The van der Waals surface area contributed by atoms with Gasteiger partial charge in [0.25, 0.3) is 0 Å². The van der Waals surface area contributed by atoms with Crippen molar-refractivity contribution in [1.82, 2.24) is 10.0 Å². The van der Waals surface area contributed by atoms with Gasteiger partial charge in [-0.15, -0.1) is 0 Å². The van der Waals surface area contributed by atoms with Crippen LogP contribution >= 0.6 is 0 Å². The molecule has 2 N–H and O–H groups in total. The number of benzene rings is 1. The molecule has 0 aliphatic carbocycles. The summed E-state index contributed by atoms with van der Waals surface area (Å²) in [6.07, 6.45) is 2.07. The number of nitrogens with one attached hydrogen (secondary N) is 2. The molecule has 2 rings (SSSR count). The molecule has 1 aliphatic rings. The normalized spacial score (nSPS) is 20.4. The topological polar surface area (TPSA) is 58.2 Å². The lowest BCUT2D eigenvalue weighted by molar-refractivity contribution is 0.402. The fourth-order valence-electron chi connectivity index (χ4n) is 2.43.